The lowest BCUT2D eigenvalue weighted by Crippen LogP contribution is -2.01. The standard InChI is InChI=1S/C38H26O5/c39-37(27-11-19-33(20-12-27)41-31-7-3-1-4-8-31)29-15-23-35(24-16-29)43-36-25-17-30(18-26-36)38(40)28-13-21-34(22-14-28)42-32-9-5-2-6-10-32/h1-26H. The Bertz CT molecular complexity index is 1670. The molecule has 0 saturated carbocycles. The van der Waals surface area contributed by atoms with Crippen LogP contribution in [0.5, 0.6) is 34.5 Å². The molecule has 0 saturated heterocycles. The minimum absolute atomic E-state index is 0.0969. The normalized spacial score (nSPS) is 10.5. The molecule has 0 unspecified atom stereocenters. The first-order chi connectivity index (χ1) is 21.1. The number of hydrogen-bond acceptors (Lipinski definition) is 5. The SMILES string of the molecule is O=C(c1ccc(Oc2ccccc2)cc1)c1ccc(Oc2ccc(C(=O)c3ccc(Oc4ccccc4)cc3)cc2)cc1. The van der Waals surface area contributed by atoms with Gasteiger partial charge in [0.2, 0.25) is 0 Å². The summed E-state index contributed by atoms with van der Waals surface area (Å²) in [4.78, 5) is 26.0. The number of benzene rings is 6. The second kappa shape index (κ2) is 12.7. The minimum Gasteiger partial charge on any atom is -0.457 e. The third kappa shape index (κ3) is 6.87. The summed E-state index contributed by atoms with van der Waals surface area (Å²) in [5.41, 5.74) is 2.22. The Kier molecular flexibility index (Phi) is 8.05. The molecule has 6 aromatic carbocycles. The maximum atomic E-state index is 13.0. The molecule has 208 valence electrons. The molecule has 0 radical (unpaired) electrons. The summed E-state index contributed by atoms with van der Waals surface area (Å²) in [6.45, 7) is 0. The van der Waals surface area contributed by atoms with Gasteiger partial charge in [0, 0.05) is 22.3 Å². The summed E-state index contributed by atoms with van der Waals surface area (Å²) in [7, 11) is 0. The Morgan fingerprint density at radius 3 is 0.721 bits per heavy atom. The molecule has 0 aromatic heterocycles. The van der Waals surface area contributed by atoms with Crippen LogP contribution in [0, 0.1) is 0 Å². The predicted molar refractivity (Wildman–Crippen MR) is 166 cm³/mol. The average molecular weight is 563 g/mol. The first-order valence-electron chi connectivity index (χ1n) is 13.7. The molecule has 0 amide bonds. The van der Waals surface area contributed by atoms with Crippen LogP contribution in [0.2, 0.25) is 0 Å². The molecule has 43 heavy (non-hydrogen) atoms. The first-order valence-corrected chi connectivity index (χ1v) is 13.7. The Morgan fingerprint density at radius 2 is 0.488 bits per heavy atom. The fourth-order valence-corrected chi connectivity index (χ4v) is 4.42. The zero-order valence-corrected chi connectivity index (χ0v) is 23.1. The summed E-state index contributed by atoms with van der Waals surface area (Å²) in [6, 6.07) is 47.0. The third-order valence-electron chi connectivity index (χ3n) is 6.66. The van der Waals surface area contributed by atoms with Gasteiger partial charge in [0.15, 0.2) is 11.6 Å². The largest absolute Gasteiger partial charge is 0.457 e. The van der Waals surface area contributed by atoms with Gasteiger partial charge in [-0.25, -0.2) is 0 Å². The van der Waals surface area contributed by atoms with Gasteiger partial charge in [0.25, 0.3) is 0 Å². The molecular formula is C38H26O5. The fourth-order valence-electron chi connectivity index (χ4n) is 4.42. The molecule has 0 heterocycles. The van der Waals surface area contributed by atoms with Gasteiger partial charge in [-0.3, -0.25) is 9.59 Å². The number of ether oxygens (including phenoxy) is 3. The summed E-state index contributed by atoms with van der Waals surface area (Å²) < 4.78 is 17.6. The van der Waals surface area contributed by atoms with Crippen molar-refractivity contribution in [3.63, 3.8) is 0 Å². The van der Waals surface area contributed by atoms with Crippen LogP contribution in [0.15, 0.2) is 158 Å². The van der Waals surface area contributed by atoms with E-state index in [-0.39, 0.29) is 11.6 Å². The van der Waals surface area contributed by atoms with Crippen LogP contribution in [-0.2, 0) is 0 Å². The molecule has 0 aliphatic carbocycles. The molecule has 0 spiro atoms. The zero-order valence-electron chi connectivity index (χ0n) is 23.1. The summed E-state index contributed by atoms with van der Waals surface area (Å²) in [5, 5.41) is 0. The maximum Gasteiger partial charge on any atom is 0.193 e. The molecule has 0 aliphatic heterocycles. The third-order valence-corrected chi connectivity index (χ3v) is 6.66. The Morgan fingerprint density at radius 1 is 0.279 bits per heavy atom. The van der Waals surface area contributed by atoms with E-state index < -0.39 is 0 Å². The molecule has 6 aromatic rings. The number of ketones is 2. The highest BCUT2D eigenvalue weighted by Crippen LogP contribution is 2.26. The van der Waals surface area contributed by atoms with Crippen LogP contribution in [0.4, 0.5) is 0 Å². The van der Waals surface area contributed by atoms with Crippen LogP contribution < -0.4 is 14.2 Å². The van der Waals surface area contributed by atoms with Crippen molar-refractivity contribution >= 4 is 11.6 Å². The predicted octanol–water partition coefficient (Wildman–Crippen LogP) is 9.53. The van der Waals surface area contributed by atoms with Crippen LogP contribution in [0.25, 0.3) is 0 Å². The van der Waals surface area contributed by atoms with Gasteiger partial charge in [-0.15, -0.1) is 0 Å². The van der Waals surface area contributed by atoms with Crippen molar-refractivity contribution in [3.8, 4) is 34.5 Å². The Labute approximate surface area is 249 Å². The summed E-state index contributed by atoms with van der Waals surface area (Å²) in [6.07, 6.45) is 0. The van der Waals surface area contributed by atoms with Crippen molar-refractivity contribution in [2.45, 2.75) is 0 Å². The number of para-hydroxylation sites is 2. The van der Waals surface area contributed by atoms with Gasteiger partial charge in [0.05, 0.1) is 0 Å². The second-order valence-corrected chi connectivity index (χ2v) is 9.69. The van der Waals surface area contributed by atoms with E-state index in [0.717, 1.165) is 11.5 Å². The summed E-state index contributed by atoms with van der Waals surface area (Å²) in [5.74, 6) is 3.75. The van der Waals surface area contributed by atoms with E-state index in [0.29, 0.717) is 45.3 Å². The highest BCUT2D eigenvalue weighted by atomic mass is 16.5. The van der Waals surface area contributed by atoms with E-state index in [4.69, 9.17) is 14.2 Å². The number of rotatable bonds is 10. The Hall–Kier alpha value is -5.94. The van der Waals surface area contributed by atoms with E-state index in [1.54, 1.807) is 97.1 Å². The van der Waals surface area contributed by atoms with Crippen molar-refractivity contribution in [2.75, 3.05) is 0 Å². The second-order valence-electron chi connectivity index (χ2n) is 9.69. The van der Waals surface area contributed by atoms with Gasteiger partial charge >= 0.3 is 0 Å². The van der Waals surface area contributed by atoms with Crippen LogP contribution in [-0.4, -0.2) is 11.6 Å². The number of carbonyl (C=O) groups excluding carboxylic acids is 2. The lowest BCUT2D eigenvalue weighted by Gasteiger charge is -2.09. The van der Waals surface area contributed by atoms with Crippen LogP contribution in [0.3, 0.4) is 0 Å². The van der Waals surface area contributed by atoms with Gasteiger partial charge in [-0.05, 0) is 121 Å². The van der Waals surface area contributed by atoms with Gasteiger partial charge < -0.3 is 14.2 Å². The lowest BCUT2D eigenvalue weighted by atomic mass is 10.0. The van der Waals surface area contributed by atoms with E-state index in [2.05, 4.69) is 0 Å². The van der Waals surface area contributed by atoms with E-state index in [1.165, 1.54) is 0 Å². The highest BCUT2D eigenvalue weighted by Gasteiger charge is 2.12. The zero-order chi connectivity index (χ0) is 29.4. The maximum absolute atomic E-state index is 13.0. The molecule has 0 aliphatic rings. The van der Waals surface area contributed by atoms with Gasteiger partial charge in [0.1, 0.15) is 34.5 Å². The first kappa shape index (κ1) is 27.2. The molecule has 6 rings (SSSR count). The highest BCUT2D eigenvalue weighted by molar-refractivity contribution is 6.09. The molecule has 0 N–H and O–H groups in total. The molecule has 5 heteroatoms. The molecule has 0 fully saturated rings. The van der Waals surface area contributed by atoms with Crippen molar-refractivity contribution < 1.29 is 23.8 Å². The van der Waals surface area contributed by atoms with E-state index >= 15 is 0 Å². The summed E-state index contributed by atoms with van der Waals surface area (Å²) >= 11 is 0. The van der Waals surface area contributed by atoms with Crippen LogP contribution >= 0.6 is 0 Å². The van der Waals surface area contributed by atoms with E-state index in [1.807, 2.05) is 60.7 Å². The van der Waals surface area contributed by atoms with Crippen molar-refractivity contribution in [3.05, 3.63) is 180 Å². The van der Waals surface area contributed by atoms with Crippen LogP contribution in [0.1, 0.15) is 31.8 Å². The number of hydrogen-bond donors (Lipinski definition) is 0. The smallest absolute Gasteiger partial charge is 0.193 e. The molecular weight excluding hydrogens is 536 g/mol. The van der Waals surface area contributed by atoms with Crippen molar-refractivity contribution in [1.82, 2.24) is 0 Å². The quantitative estimate of drug-likeness (QED) is 0.156. The van der Waals surface area contributed by atoms with Gasteiger partial charge in [-0.2, -0.15) is 0 Å². The van der Waals surface area contributed by atoms with E-state index in [9.17, 15) is 9.59 Å². The molecule has 5 nitrogen and oxygen atoms in total. The lowest BCUT2D eigenvalue weighted by molar-refractivity contribution is 0.103. The number of carbonyl (C=O) groups is 2. The monoisotopic (exact) mass is 562 g/mol. The molecule has 0 atom stereocenters. The average Bonchev–Trinajstić information content (AvgIpc) is 3.06. The minimum atomic E-state index is -0.0969. The fraction of sp³-hybridized carbons (Fsp3) is 0. The van der Waals surface area contributed by atoms with Gasteiger partial charge in [-0.1, -0.05) is 36.4 Å². The van der Waals surface area contributed by atoms with Crippen molar-refractivity contribution in [2.24, 2.45) is 0 Å². The topological polar surface area (TPSA) is 61.8 Å². The Balaban J connectivity index is 1.05. The van der Waals surface area contributed by atoms with Crippen molar-refractivity contribution in [1.29, 1.82) is 0 Å². The molecule has 0 bridgehead atoms.